The van der Waals surface area contributed by atoms with Crippen LogP contribution in [0.2, 0.25) is 0 Å². The third-order valence-corrected chi connectivity index (χ3v) is 7.06. The molecule has 1 aromatic heterocycles. The van der Waals surface area contributed by atoms with Crippen LogP contribution in [0.1, 0.15) is 41.9 Å². The summed E-state index contributed by atoms with van der Waals surface area (Å²) in [5.74, 6) is 0.129. The van der Waals surface area contributed by atoms with E-state index in [1.54, 1.807) is 43.4 Å². The van der Waals surface area contributed by atoms with Gasteiger partial charge in [-0.3, -0.25) is 0 Å². The van der Waals surface area contributed by atoms with Gasteiger partial charge in [-0.05, 0) is 60.0 Å². The van der Waals surface area contributed by atoms with Gasteiger partial charge in [0, 0.05) is 7.05 Å². The molecule has 0 amide bonds. The lowest BCUT2D eigenvalue weighted by atomic mass is 10.1. The zero-order chi connectivity index (χ0) is 19.9. The molecule has 28 heavy (non-hydrogen) atoms. The van der Waals surface area contributed by atoms with Crippen molar-refractivity contribution in [3.05, 3.63) is 71.3 Å². The Morgan fingerprint density at radius 3 is 2.25 bits per heavy atom. The van der Waals surface area contributed by atoms with Crippen molar-refractivity contribution in [1.82, 2.24) is 24.5 Å². The number of nitrogens with zero attached hydrogens (tertiary/aromatic N) is 5. The number of aromatic nitrogens is 4. The van der Waals surface area contributed by atoms with Crippen molar-refractivity contribution in [2.75, 3.05) is 0 Å². The predicted octanol–water partition coefficient (Wildman–Crippen LogP) is 2.92. The molecule has 0 spiro atoms. The van der Waals surface area contributed by atoms with Gasteiger partial charge in [-0.2, -0.15) is 4.31 Å². The van der Waals surface area contributed by atoms with Gasteiger partial charge in [-0.1, -0.05) is 29.8 Å². The van der Waals surface area contributed by atoms with Gasteiger partial charge in [-0.15, -0.1) is 5.10 Å². The molecule has 0 N–H and O–H groups in total. The van der Waals surface area contributed by atoms with E-state index in [2.05, 4.69) is 15.5 Å². The molecular weight excluding hydrogens is 381 g/mol. The van der Waals surface area contributed by atoms with Crippen molar-refractivity contribution >= 4 is 10.0 Å². The molecule has 146 valence electrons. The van der Waals surface area contributed by atoms with Crippen molar-refractivity contribution in [3.8, 4) is 0 Å². The fourth-order valence-corrected chi connectivity index (χ4v) is 5.53. The van der Waals surface area contributed by atoms with Crippen molar-refractivity contribution < 1.29 is 12.8 Å². The highest BCUT2D eigenvalue weighted by Crippen LogP contribution is 2.46. The largest absolute Gasteiger partial charge is 0.244 e. The lowest BCUT2D eigenvalue weighted by molar-refractivity contribution is 0.315. The second-order valence-electron chi connectivity index (χ2n) is 6.97. The standard InChI is InChI=1S/C19H20FN5O2S/c1-13-3-9-16(10-4-13)28(26,27)25-17(14-5-7-15(20)8-6-14)11-12-18(25)19-21-22-23-24(19)2/h3-10,17-18H,11-12H2,1-2H3. The highest BCUT2D eigenvalue weighted by Gasteiger charge is 2.45. The lowest BCUT2D eigenvalue weighted by Gasteiger charge is -2.29. The van der Waals surface area contributed by atoms with Gasteiger partial charge in [0.1, 0.15) is 5.82 Å². The van der Waals surface area contributed by atoms with Crippen LogP contribution in [0.15, 0.2) is 53.4 Å². The van der Waals surface area contributed by atoms with E-state index in [0.29, 0.717) is 18.7 Å². The fourth-order valence-electron chi connectivity index (χ4n) is 3.71. The number of hydrogen-bond donors (Lipinski definition) is 0. The van der Waals surface area contributed by atoms with E-state index in [4.69, 9.17) is 0 Å². The minimum atomic E-state index is -3.82. The molecule has 4 rings (SSSR count). The van der Waals surface area contributed by atoms with Crippen molar-refractivity contribution in [1.29, 1.82) is 0 Å². The molecule has 2 aromatic carbocycles. The van der Waals surface area contributed by atoms with Crippen LogP contribution in [0.25, 0.3) is 0 Å². The van der Waals surface area contributed by atoms with Crippen LogP contribution in [0, 0.1) is 12.7 Å². The Morgan fingerprint density at radius 1 is 1.00 bits per heavy atom. The zero-order valence-electron chi connectivity index (χ0n) is 15.5. The van der Waals surface area contributed by atoms with Crippen LogP contribution >= 0.6 is 0 Å². The van der Waals surface area contributed by atoms with Crippen LogP contribution < -0.4 is 0 Å². The monoisotopic (exact) mass is 401 g/mol. The first-order chi connectivity index (χ1) is 13.4. The number of rotatable bonds is 4. The smallest absolute Gasteiger partial charge is 0.231 e. The normalized spacial score (nSPS) is 20.5. The summed E-state index contributed by atoms with van der Waals surface area (Å²) in [6.45, 7) is 1.90. The lowest BCUT2D eigenvalue weighted by Crippen LogP contribution is -2.34. The maximum atomic E-state index is 13.6. The van der Waals surface area contributed by atoms with Gasteiger partial charge in [-0.25, -0.2) is 17.5 Å². The quantitative estimate of drug-likeness (QED) is 0.671. The Balaban J connectivity index is 1.83. The summed E-state index contributed by atoms with van der Waals surface area (Å²) in [5, 5.41) is 11.6. The molecule has 0 saturated carbocycles. The van der Waals surface area contributed by atoms with Crippen LogP contribution in [0.4, 0.5) is 4.39 Å². The number of benzene rings is 2. The molecule has 1 saturated heterocycles. The Labute approximate surface area is 162 Å². The first kappa shape index (κ1) is 18.7. The van der Waals surface area contributed by atoms with Crippen LogP contribution in [0.3, 0.4) is 0 Å². The molecule has 0 radical (unpaired) electrons. The van der Waals surface area contributed by atoms with Gasteiger partial charge < -0.3 is 0 Å². The maximum Gasteiger partial charge on any atom is 0.244 e. The third kappa shape index (κ3) is 3.20. The van der Waals surface area contributed by atoms with Gasteiger partial charge >= 0.3 is 0 Å². The van der Waals surface area contributed by atoms with E-state index in [-0.39, 0.29) is 10.7 Å². The second kappa shape index (κ2) is 7.06. The minimum Gasteiger partial charge on any atom is -0.231 e. The number of halogens is 1. The van der Waals surface area contributed by atoms with E-state index in [0.717, 1.165) is 11.1 Å². The Hall–Kier alpha value is -2.65. The molecule has 9 heteroatoms. The first-order valence-corrected chi connectivity index (χ1v) is 10.4. The van der Waals surface area contributed by atoms with Gasteiger partial charge in [0.05, 0.1) is 17.0 Å². The van der Waals surface area contributed by atoms with Crippen LogP contribution in [-0.2, 0) is 17.1 Å². The Bertz CT molecular complexity index is 1080. The highest BCUT2D eigenvalue weighted by molar-refractivity contribution is 7.89. The molecule has 1 aliphatic rings. The first-order valence-electron chi connectivity index (χ1n) is 8.96. The molecule has 0 aliphatic carbocycles. The summed E-state index contributed by atoms with van der Waals surface area (Å²) >= 11 is 0. The molecule has 0 bridgehead atoms. The Morgan fingerprint density at radius 2 is 1.64 bits per heavy atom. The maximum absolute atomic E-state index is 13.6. The van der Waals surface area contributed by atoms with E-state index in [1.807, 2.05) is 6.92 Å². The predicted molar refractivity (Wildman–Crippen MR) is 100 cm³/mol. The highest BCUT2D eigenvalue weighted by atomic mass is 32.2. The van der Waals surface area contributed by atoms with E-state index >= 15 is 0 Å². The van der Waals surface area contributed by atoms with Crippen molar-refractivity contribution in [2.45, 2.75) is 36.7 Å². The average molecular weight is 401 g/mol. The fraction of sp³-hybridized carbons (Fsp3) is 0.316. The third-order valence-electron chi connectivity index (χ3n) is 5.13. The summed E-state index contributed by atoms with van der Waals surface area (Å²) in [4.78, 5) is 0.215. The summed E-state index contributed by atoms with van der Waals surface area (Å²) < 4.78 is 43.5. The van der Waals surface area contributed by atoms with Gasteiger partial charge in [0.2, 0.25) is 10.0 Å². The summed E-state index contributed by atoms with van der Waals surface area (Å²) in [6.07, 6.45) is 1.16. The van der Waals surface area contributed by atoms with Crippen LogP contribution in [0.5, 0.6) is 0 Å². The summed E-state index contributed by atoms with van der Waals surface area (Å²) in [5.41, 5.74) is 1.72. The van der Waals surface area contributed by atoms with Gasteiger partial charge in [0.15, 0.2) is 5.82 Å². The SMILES string of the molecule is Cc1ccc(S(=O)(=O)N2C(c3ccc(F)cc3)CCC2c2nnnn2C)cc1. The molecule has 3 aromatic rings. The molecule has 2 unspecified atom stereocenters. The number of sulfonamides is 1. The summed E-state index contributed by atoms with van der Waals surface area (Å²) in [7, 11) is -2.13. The minimum absolute atomic E-state index is 0.215. The molecule has 1 fully saturated rings. The van der Waals surface area contributed by atoms with Crippen molar-refractivity contribution in [3.63, 3.8) is 0 Å². The van der Waals surface area contributed by atoms with E-state index < -0.39 is 22.1 Å². The van der Waals surface area contributed by atoms with Gasteiger partial charge in [0.25, 0.3) is 0 Å². The number of tetrazole rings is 1. The molecule has 1 aliphatic heterocycles. The Kier molecular flexibility index (Phi) is 4.72. The molecule has 2 heterocycles. The summed E-state index contributed by atoms with van der Waals surface area (Å²) in [6, 6.07) is 11.8. The molecule has 7 nitrogen and oxygen atoms in total. The average Bonchev–Trinajstić information content (AvgIpc) is 3.29. The van der Waals surface area contributed by atoms with Crippen LogP contribution in [-0.4, -0.2) is 32.9 Å². The van der Waals surface area contributed by atoms with E-state index in [1.165, 1.54) is 21.1 Å². The number of aryl methyl sites for hydroxylation is 2. The van der Waals surface area contributed by atoms with E-state index in [9.17, 15) is 12.8 Å². The zero-order valence-corrected chi connectivity index (χ0v) is 16.3. The second-order valence-corrected chi connectivity index (χ2v) is 8.81. The number of hydrogen-bond acceptors (Lipinski definition) is 5. The molecular formula is C19H20FN5O2S. The van der Waals surface area contributed by atoms with Crippen molar-refractivity contribution in [2.24, 2.45) is 7.05 Å². The molecule has 2 atom stereocenters. The topological polar surface area (TPSA) is 81.0 Å².